The number of thiazole rings is 1. The first-order chi connectivity index (χ1) is 14.3. The third-order valence-corrected chi connectivity index (χ3v) is 5.63. The first-order valence-electron chi connectivity index (χ1n) is 9.52. The van der Waals surface area contributed by atoms with Gasteiger partial charge in [0.2, 0.25) is 6.19 Å². The summed E-state index contributed by atoms with van der Waals surface area (Å²) in [5.74, 6) is 0.152. The van der Waals surface area contributed by atoms with Crippen LogP contribution in [0.3, 0.4) is 0 Å². The molecule has 5 nitrogen and oxygen atoms in total. The molecule has 1 heterocycles. The molecule has 0 N–H and O–H groups in total. The van der Waals surface area contributed by atoms with Crippen molar-refractivity contribution < 1.29 is 17.9 Å². The minimum absolute atomic E-state index is 0.0676. The van der Waals surface area contributed by atoms with E-state index in [4.69, 9.17) is 16.3 Å². The number of nitrogens with zero attached hydrogens (tertiary/aromatic N) is 4. The fraction of sp³-hybridized carbons (Fsp3) is 0.476. The summed E-state index contributed by atoms with van der Waals surface area (Å²) in [5.41, 5.74) is -0.0131. The second-order valence-corrected chi connectivity index (χ2v) is 9.81. The Bertz CT molecular complexity index is 1060. The van der Waals surface area contributed by atoms with Gasteiger partial charge in [0.1, 0.15) is 5.75 Å². The summed E-state index contributed by atoms with van der Waals surface area (Å²) in [6.45, 7) is 9.55. The molecule has 168 valence electrons. The molecule has 2 aromatic rings. The Kier molecular flexibility index (Phi) is 7.95. The quantitative estimate of drug-likeness (QED) is 0.308. The molecule has 0 fully saturated rings. The summed E-state index contributed by atoms with van der Waals surface area (Å²) < 4.78 is 44.9. The maximum Gasteiger partial charge on any atom is 0.422 e. The van der Waals surface area contributed by atoms with E-state index in [2.05, 4.69) is 44.6 Å². The highest BCUT2D eigenvalue weighted by molar-refractivity contribution is 7.09. The first kappa shape index (κ1) is 25.0. The molecule has 0 saturated carbocycles. The number of ether oxygens (including phenoxy) is 1. The topological polar surface area (TPSA) is 62.7 Å². The number of amidine groups is 1. The maximum absolute atomic E-state index is 12.7. The molecule has 0 bridgehead atoms. The van der Waals surface area contributed by atoms with Gasteiger partial charge in [-0.05, 0) is 29.5 Å². The largest absolute Gasteiger partial charge is 0.483 e. The zero-order chi connectivity index (χ0) is 23.4. The summed E-state index contributed by atoms with van der Waals surface area (Å²) in [7, 11) is 0. The lowest BCUT2D eigenvalue weighted by Gasteiger charge is -2.14. The van der Waals surface area contributed by atoms with E-state index >= 15 is 0 Å². The molecular weight excluding hydrogens is 449 g/mol. The third kappa shape index (κ3) is 7.40. The lowest BCUT2D eigenvalue weighted by Crippen LogP contribution is -2.21. The summed E-state index contributed by atoms with van der Waals surface area (Å²) in [4.78, 5) is 9.95. The van der Waals surface area contributed by atoms with Gasteiger partial charge < -0.3 is 9.30 Å². The van der Waals surface area contributed by atoms with Crippen LogP contribution in [0.5, 0.6) is 5.75 Å². The van der Waals surface area contributed by atoms with Crippen molar-refractivity contribution in [3.05, 3.63) is 44.7 Å². The fourth-order valence-electron chi connectivity index (χ4n) is 2.58. The number of alkyl halides is 3. The molecule has 0 aliphatic rings. The van der Waals surface area contributed by atoms with Crippen LogP contribution in [0.25, 0.3) is 0 Å². The third-order valence-electron chi connectivity index (χ3n) is 3.95. The van der Waals surface area contributed by atoms with Crippen LogP contribution in [0.15, 0.2) is 34.4 Å². The molecule has 0 spiro atoms. The summed E-state index contributed by atoms with van der Waals surface area (Å²) >= 11 is 7.50. The second-order valence-electron chi connectivity index (χ2n) is 8.37. The van der Waals surface area contributed by atoms with E-state index in [1.165, 1.54) is 29.5 Å². The second kappa shape index (κ2) is 9.88. The van der Waals surface area contributed by atoms with E-state index in [0.717, 1.165) is 4.88 Å². The standard InChI is InChI=1S/C21H24ClF3N4OS/c1-13(2)9-29-10-17(20(3,4)5)31-19(29)28-18(27-12-26)15-8-14(22)6-7-16(15)30-11-21(23,24)25/h6-8,10,13H,9,11H2,1-5H3/b27-18?,28-19-. The minimum Gasteiger partial charge on any atom is -0.483 e. The minimum atomic E-state index is -4.52. The molecule has 0 amide bonds. The van der Waals surface area contributed by atoms with Crippen molar-refractivity contribution in [2.75, 3.05) is 6.61 Å². The fourth-order valence-corrected chi connectivity index (χ4v) is 3.82. The van der Waals surface area contributed by atoms with E-state index in [-0.39, 0.29) is 27.6 Å². The Morgan fingerprint density at radius 3 is 2.52 bits per heavy atom. The summed E-state index contributed by atoms with van der Waals surface area (Å²) in [6, 6.07) is 4.10. The van der Waals surface area contributed by atoms with Crippen molar-refractivity contribution in [1.29, 1.82) is 5.26 Å². The van der Waals surface area contributed by atoms with E-state index in [1.54, 1.807) is 6.19 Å². The Morgan fingerprint density at radius 1 is 1.29 bits per heavy atom. The van der Waals surface area contributed by atoms with Crippen LogP contribution < -0.4 is 9.54 Å². The number of aliphatic imine (C=N–C) groups is 1. The molecule has 0 aliphatic carbocycles. The first-order valence-corrected chi connectivity index (χ1v) is 10.7. The van der Waals surface area contributed by atoms with Gasteiger partial charge in [0.15, 0.2) is 17.2 Å². The van der Waals surface area contributed by atoms with Crippen LogP contribution in [-0.2, 0) is 12.0 Å². The lowest BCUT2D eigenvalue weighted by molar-refractivity contribution is -0.153. The summed E-state index contributed by atoms with van der Waals surface area (Å²) in [6.07, 6.45) is -0.840. The number of rotatable bonds is 5. The Labute approximate surface area is 188 Å². The smallest absolute Gasteiger partial charge is 0.422 e. The van der Waals surface area contributed by atoms with Crippen molar-refractivity contribution in [1.82, 2.24) is 4.57 Å². The number of hydrogen-bond acceptors (Lipinski definition) is 4. The number of hydrogen-bond donors (Lipinski definition) is 0. The van der Waals surface area contributed by atoms with Crippen molar-refractivity contribution in [3.63, 3.8) is 0 Å². The van der Waals surface area contributed by atoms with Crippen LogP contribution in [0.2, 0.25) is 5.02 Å². The van der Waals surface area contributed by atoms with Crippen molar-refractivity contribution >= 4 is 28.8 Å². The zero-order valence-corrected chi connectivity index (χ0v) is 19.5. The van der Waals surface area contributed by atoms with Crippen LogP contribution in [0.4, 0.5) is 13.2 Å². The predicted octanol–water partition coefficient (Wildman–Crippen LogP) is 5.93. The Morgan fingerprint density at radius 2 is 1.97 bits per heavy atom. The van der Waals surface area contributed by atoms with Gasteiger partial charge in [-0.1, -0.05) is 46.2 Å². The van der Waals surface area contributed by atoms with Crippen LogP contribution >= 0.6 is 22.9 Å². The molecule has 31 heavy (non-hydrogen) atoms. The van der Waals surface area contributed by atoms with Crippen LogP contribution in [-0.4, -0.2) is 23.2 Å². The van der Waals surface area contributed by atoms with E-state index < -0.39 is 12.8 Å². The van der Waals surface area contributed by atoms with Crippen molar-refractivity contribution in [2.24, 2.45) is 15.9 Å². The normalized spacial score (nSPS) is 13.6. The summed E-state index contributed by atoms with van der Waals surface area (Å²) in [5, 5.41) is 9.45. The average molecular weight is 473 g/mol. The monoisotopic (exact) mass is 472 g/mol. The Hall–Kier alpha value is -2.31. The van der Waals surface area contributed by atoms with E-state index in [9.17, 15) is 18.4 Å². The highest BCUT2D eigenvalue weighted by atomic mass is 35.5. The number of nitriles is 1. The van der Waals surface area contributed by atoms with Gasteiger partial charge in [-0.25, -0.2) is 0 Å². The number of benzene rings is 1. The van der Waals surface area contributed by atoms with Crippen LogP contribution in [0.1, 0.15) is 45.1 Å². The van der Waals surface area contributed by atoms with Gasteiger partial charge >= 0.3 is 6.18 Å². The number of halogens is 4. The molecule has 1 aromatic carbocycles. The van der Waals surface area contributed by atoms with Gasteiger partial charge in [0.05, 0.1) is 5.56 Å². The molecule has 0 atom stereocenters. The van der Waals surface area contributed by atoms with E-state index in [1.807, 2.05) is 10.8 Å². The molecule has 1 aromatic heterocycles. The lowest BCUT2D eigenvalue weighted by atomic mass is 9.95. The zero-order valence-electron chi connectivity index (χ0n) is 17.9. The Balaban J connectivity index is 2.65. The molecular formula is C21H24ClF3N4OS. The molecule has 0 aliphatic heterocycles. The molecule has 10 heteroatoms. The van der Waals surface area contributed by atoms with Gasteiger partial charge in [0.25, 0.3) is 0 Å². The van der Waals surface area contributed by atoms with Gasteiger partial charge in [-0.2, -0.15) is 28.4 Å². The maximum atomic E-state index is 12.7. The van der Waals surface area contributed by atoms with Gasteiger partial charge in [-0.3, -0.25) is 0 Å². The molecule has 0 unspecified atom stereocenters. The van der Waals surface area contributed by atoms with Gasteiger partial charge in [0, 0.05) is 22.6 Å². The highest BCUT2D eigenvalue weighted by Gasteiger charge is 2.29. The van der Waals surface area contributed by atoms with Crippen molar-refractivity contribution in [2.45, 2.75) is 52.8 Å². The van der Waals surface area contributed by atoms with Gasteiger partial charge in [-0.15, -0.1) is 11.3 Å². The number of aromatic nitrogens is 1. The average Bonchev–Trinajstić information content (AvgIpc) is 3.01. The molecule has 0 radical (unpaired) electrons. The predicted molar refractivity (Wildman–Crippen MR) is 117 cm³/mol. The SMILES string of the molecule is CC(C)Cn1cc(C(C)(C)C)s/c1=N\C(=NC#N)c1cc(Cl)ccc1OCC(F)(F)F. The molecule has 2 rings (SSSR count). The van der Waals surface area contributed by atoms with Crippen LogP contribution in [0, 0.1) is 17.4 Å². The van der Waals surface area contributed by atoms with Crippen molar-refractivity contribution in [3.8, 4) is 11.9 Å². The molecule has 0 saturated heterocycles. The highest BCUT2D eigenvalue weighted by Crippen LogP contribution is 2.27. The van der Waals surface area contributed by atoms with E-state index in [0.29, 0.717) is 17.3 Å².